The average molecular weight is 593 g/mol. The van der Waals surface area contributed by atoms with E-state index in [-0.39, 0.29) is 30.3 Å². The Kier molecular flexibility index (Phi) is 8.42. The lowest BCUT2D eigenvalue weighted by molar-refractivity contribution is -0.116. The minimum absolute atomic E-state index is 0.0481. The highest BCUT2D eigenvalue weighted by atomic mass is 19.1. The van der Waals surface area contributed by atoms with Crippen molar-refractivity contribution in [3.8, 4) is 22.5 Å². The molecule has 0 radical (unpaired) electrons. The van der Waals surface area contributed by atoms with Crippen LogP contribution in [0.5, 0.6) is 0 Å². The summed E-state index contributed by atoms with van der Waals surface area (Å²) in [6.45, 7) is 3.97. The highest BCUT2D eigenvalue weighted by Gasteiger charge is 2.21. The van der Waals surface area contributed by atoms with E-state index in [2.05, 4.69) is 27.2 Å². The Bertz CT molecular complexity index is 1820. The number of esters is 1. The molecule has 1 saturated heterocycles. The number of carbonyl (C=O) groups excluding carboxylic acids is 2. The first-order valence-electron chi connectivity index (χ1n) is 14.6. The van der Waals surface area contributed by atoms with Gasteiger partial charge in [0.2, 0.25) is 5.91 Å². The predicted octanol–water partition coefficient (Wildman–Crippen LogP) is 5.75. The molecular formula is C34H33FN6O3. The second-order valence-electron chi connectivity index (χ2n) is 11.3. The van der Waals surface area contributed by atoms with Crippen molar-refractivity contribution in [3.05, 3.63) is 96.2 Å². The van der Waals surface area contributed by atoms with Crippen LogP contribution in [0.15, 0.2) is 79.1 Å². The highest BCUT2D eigenvalue weighted by Crippen LogP contribution is 2.34. The van der Waals surface area contributed by atoms with Crippen LogP contribution in [-0.4, -0.2) is 63.3 Å². The minimum Gasteiger partial charge on any atom is -0.462 e. The van der Waals surface area contributed by atoms with Crippen LogP contribution in [0.25, 0.3) is 33.4 Å². The molecule has 224 valence electrons. The van der Waals surface area contributed by atoms with Crippen molar-refractivity contribution >= 4 is 28.5 Å². The SMILES string of the molecule is Cc1cccc(-c2nn(CC(=O)Nc3cc(F)cc(C(=O)OCC4CCN(C)CC4)c3)cc2-c2ccnc3ccccc23)n1. The Hall–Kier alpha value is -4.96. The second-order valence-corrected chi connectivity index (χ2v) is 11.3. The highest BCUT2D eigenvalue weighted by molar-refractivity contribution is 5.98. The largest absolute Gasteiger partial charge is 0.462 e. The molecule has 6 rings (SSSR count). The fourth-order valence-corrected chi connectivity index (χ4v) is 5.53. The molecule has 1 N–H and O–H groups in total. The van der Waals surface area contributed by atoms with E-state index < -0.39 is 17.7 Å². The van der Waals surface area contributed by atoms with Crippen LogP contribution in [0.3, 0.4) is 0 Å². The first kappa shape index (κ1) is 29.1. The number of hydrogen-bond acceptors (Lipinski definition) is 7. The van der Waals surface area contributed by atoms with Crippen molar-refractivity contribution in [1.82, 2.24) is 24.6 Å². The molecule has 5 aromatic rings. The van der Waals surface area contributed by atoms with E-state index in [1.165, 1.54) is 16.8 Å². The van der Waals surface area contributed by atoms with Gasteiger partial charge in [0.25, 0.3) is 0 Å². The summed E-state index contributed by atoms with van der Waals surface area (Å²) in [7, 11) is 2.07. The molecule has 0 bridgehead atoms. The third-order valence-corrected chi connectivity index (χ3v) is 7.84. The molecule has 4 heterocycles. The number of aryl methyl sites for hydroxylation is 1. The molecule has 1 amide bonds. The standard InChI is InChI=1S/C34H33FN6O3/c1-22-6-5-9-31(37-22)33-29(27-10-13-36-30-8-4-3-7-28(27)30)19-41(39-33)20-32(42)38-26-17-24(16-25(35)18-26)34(43)44-21-23-11-14-40(2)15-12-23/h3-10,13,16-19,23H,11-12,14-15,20-21H2,1-2H3,(H,38,42). The molecule has 0 unspecified atom stereocenters. The number of para-hydroxylation sites is 1. The fraction of sp³-hybridized carbons (Fsp3) is 0.265. The maximum Gasteiger partial charge on any atom is 0.338 e. The van der Waals surface area contributed by atoms with Gasteiger partial charge in [-0.15, -0.1) is 0 Å². The van der Waals surface area contributed by atoms with Crippen molar-refractivity contribution in [2.75, 3.05) is 32.1 Å². The van der Waals surface area contributed by atoms with Gasteiger partial charge in [0, 0.05) is 34.7 Å². The molecule has 3 aromatic heterocycles. The molecule has 1 aliphatic rings. The summed E-state index contributed by atoms with van der Waals surface area (Å²) in [6.07, 6.45) is 5.44. The van der Waals surface area contributed by atoms with E-state index in [1.54, 1.807) is 12.4 Å². The fourth-order valence-electron chi connectivity index (χ4n) is 5.53. The smallest absolute Gasteiger partial charge is 0.338 e. The number of ether oxygens (including phenoxy) is 1. The van der Waals surface area contributed by atoms with Gasteiger partial charge >= 0.3 is 5.97 Å². The topological polar surface area (TPSA) is 102 Å². The van der Waals surface area contributed by atoms with Crippen molar-refractivity contribution in [2.45, 2.75) is 26.3 Å². The summed E-state index contributed by atoms with van der Waals surface area (Å²) in [5, 5.41) is 8.40. The number of hydrogen-bond donors (Lipinski definition) is 1. The number of fused-ring (bicyclic) bond motifs is 1. The molecule has 9 nitrogen and oxygen atoms in total. The Morgan fingerprint density at radius 3 is 2.66 bits per heavy atom. The van der Waals surface area contributed by atoms with Crippen LogP contribution in [0.1, 0.15) is 28.9 Å². The Morgan fingerprint density at radius 1 is 1.02 bits per heavy atom. The van der Waals surface area contributed by atoms with Gasteiger partial charge in [-0.3, -0.25) is 19.4 Å². The summed E-state index contributed by atoms with van der Waals surface area (Å²) in [5.74, 6) is -1.41. The van der Waals surface area contributed by atoms with E-state index in [9.17, 15) is 14.0 Å². The lowest BCUT2D eigenvalue weighted by atomic mass is 9.98. The summed E-state index contributed by atoms with van der Waals surface area (Å²) in [5.41, 5.74) is 4.90. The minimum atomic E-state index is -0.646. The number of nitrogens with one attached hydrogen (secondary N) is 1. The van der Waals surface area contributed by atoms with Crippen LogP contribution < -0.4 is 5.32 Å². The predicted molar refractivity (Wildman–Crippen MR) is 166 cm³/mol. The lowest BCUT2D eigenvalue weighted by Gasteiger charge is -2.28. The molecular weight excluding hydrogens is 559 g/mol. The number of halogens is 1. The zero-order chi connectivity index (χ0) is 30.6. The molecule has 44 heavy (non-hydrogen) atoms. The van der Waals surface area contributed by atoms with Gasteiger partial charge in [-0.2, -0.15) is 5.10 Å². The van der Waals surface area contributed by atoms with Gasteiger partial charge in [0.05, 0.1) is 23.4 Å². The van der Waals surface area contributed by atoms with Crippen molar-refractivity contribution in [3.63, 3.8) is 0 Å². The molecule has 0 saturated carbocycles. The summed E-state index contributed by atoms with van der Waals surface area (Å²) in [4.78, 5) is 37.3. The number of piperidine rings is 1. The third kappa shape index (κ3) is 6.65. The number of aromatic nitrogens is 4. The Labute approximate surface area is 254 Å². The monoisotopic (exact) mass is 592 g/mol. The van der Waals surface area contributed by atoms with Crippen LogP contribution >= 0.6 is 0 Å². The first-order chi connectivity index (χ1) is 21.3. The Morgan fingerprint density at radius 2 is 1.84 bits per heavy atom. The zero-order valence-electron chi connectivity index (χ0n) is 24.7. The number of anilines is 1. The van der Waals surface area contributed by atoms with Crippen molar-refractivity contribution < 1.29 is 18.7 Å². The van der Waals surface area contributed by atoms with E-state index >= 15 is 0 Å². The molecule has 1 fully saturated rings. The van der Waals surface area contributed by atoms with Crippen LogP contribution in [0.2, 0.25) is 0 Å². The maximum absolute atomic E-state index is 14.5. The number of rotatable bonds is 8. The average Bonchev–Trinajstić information content (AvgIpc) is 3.43. The number of likely N-dealkylation sites (tertiary alicyclic amines) is 1. The van der Waals surface area contributed by atoms with Crippen LogP contribution in [0, 0.1) is 18.7 Å². The third-order valence-electron chi connectivity index (χ3n) is 7.84. The first-order valence-corrected chi connectivity index (χ1v) is 14.6. The molecule has 1 aliphatic heterocycles. The van der Waals surface area contributed by atoms with E-state index in [0.29, 0.717) is 11.4 Å². The molecule has 10 heteroatoms. The van der Waals surface area contributed by atoms with Gasteiger partial charge in [0.1, 0.15) is 18.1 Å². The van der Waals surface area contributed by atoms with Gasteiger partial charge in [-0.05, 0) is 93.8 Å². The molecule has 0 atom stereocenters. The van der Waals surface area contributed by atoms with Gasteiger partial charge < -0.3 is 15.0 Å². The van der Waals surface area contributed by atoms with Gasteiger partial charge in [-0.1, -0.05) is 24.3 Å². The van der Waals surface area contributed by atoms with Gasteiger partial charge in [0.15, 0.2) is 0 Å². The number of amides is 1. The number of nitrogens with zero attached hydrogens (tertiary/aromatic N) is 5. The quantitative estimate of drug-likeness (QED) is 0.229. The number of pyridine rings is 2. The van der Waals surface area contributed by atoms with Gasteiger partial charge in [-0.25, -0.2) is 9.18 Å². The second kappa shape index (κ2) is 12.7. The van der Waals surface area contributed by atoms with Crippen LogP contribution in [-0.2, 0) is 16.1 Å². The van der Waals surface area contributed by atoms with E-state index in [0.717, 1.165) is 59.7 Å². The molecule has 0 spiro atoms. The number of carbonyl (C=O) groups is 2. The van der Waals surface area contributed by atoms with E-state index in [4.69, 9.17) is 9.84 Å². The van der Waals surface area contributed by atoms with Crippen LogP contribution in [0.4, 0.5) is 10.1 Å². The Balaban J connectivity index is 1.21. The maximum atomic E-state index is 14.5. The normalized spacial score (nSPS) is 14.1. The summed E-state index contributed by atoms with van der Waals surface area (Å²) < 4.78 is 21.5. The van der Waals surface area contributed by atoms with Crippen molar-refractivity contribution in [1.29, 1.82) is 0 Å². The van der Waals surface area contributed by atoms with Crippen molar-refractivity contribution in [2.24, 2.45) is 5.92 Å². The molecule has 2 aromatic carbocycles. The molecule has 0 aliphatic carbocycles. The lowest BCUT2D eigenvalue weighted by Crippen LogP contribution is -2.32. The number of benzene rings is 2. The summed E-state index contributed by atoms with van der Waals surface area (Å²) in [6, 6.07) is 19.2. The zero-order valence-corrected chi connectivity index (χ0v) is 24.7. The summed E-state index contributed by atoms with van der Waals surface area (Å²) >= 11 is 0. The van der Waals surface area contributed by atoms with E-state index in [1.807, 2.05) is 55.5 Å².